The molecule has 1 heterocycles. The molecule has 1 saturated heterocycles. The largest absolute Gasteiger partial charge is 0.370 e. The van der Waals surface area contributed by atoms with E-state index in [-0.39, 0.29) is 17.9 Å². The topological polar surface area (TPSA) is 152 Å². The Morgan fingerprint density at radius 3 is 2.62 bits per heavy atom. The number of guanidine groups is 1. The molecule has 1 aromatic carbocycles. The second kappa shape index (κ2) is 11.8. The van der Waals surface area contributed by atoms with Crippen LogP contribution in [-0.2, 0) is 20.8 Å². The van der Waals surface area contributed by atoms with Gasteiger partial charge in [-0.3, -0.25) is 14.6 Å². The molecule has 0 spiro atoms. The Bertz CT molecular complexity index is 699. The number of nitrogens with zero attached hydrogens (tertiary/aromatic N) is 1. The molecule has 0 saturated carbocycles. The van der Waals surface area contributed by atoms with Crippen molar-refractivity contribution in [3.05, 3.63) is 35.9 Å². The van der Waals surface area contributed by atoms with Gasteiger partial charge in [-0.05, 0) is 44.2 Å². The monoisotopic (exact) mass is 402 g/mol. The smallest absolute Gasteiger partial charge is 0.243 e. The highest BCUT2D eigenvalue weighted by Gasteiger charge is 2.28. The molecular weight excluding hydrogens is 372 g/mol. The lowest BCUT2D eigenvalue weighted by molar-refractivity contribution is -0.131. The van der Waals surface area contributed by atoms with Crippen LogP contribution in [0.4, 0.5) is 0 Å². The Kier molecular flexibility index (Phi) is 9.10. The van der Waals surface area contributed by atoms with Crippen LogP contribution in [-0.4, -0.2) is 55.3 Å². The number of amides is 2. The molecule has 0 bridgehead atoms. The van der Waals surface area contributed by atoms with Crippen molar-refractivity contribution in [2.24, 2.45) is 16.5 Å². The average molecular weight is 402 g/mol. The van der Waals surface area contributed by atoms with Gasteiger partial charge in [-0.2, -0.15) is 0 Å². The molecule has 9 nitrogen and oxygen atoms in total. The van der Waals surface area contributed by atoms with Crippen LogP contribution >= 0.6 is 0 Å². The van der Waals surface area contributed by atoms with E-state index >= 15 is 0 Å². The predicted molar refractivity (Wildman–Crippen MR) is 111 cm³/mol. The highest BCUT2D eigenvalue weighted by atomic mass is 16.2. The fourth-order valence-corrected chi connectivity index (χ4v) is 3.24. The molecule has 1 aromatic rings. The minimum atomic E-state index is -0.766. The van der Waals surface area contributed by atoms with Crippen LogP contribution in [0.3, 0.4) is 0 Å². The van der Waals surface area contributed by atoms with E-state index in [1.807, 2.05) is 30.3 Å². The molecule has 3 atom stereocenters. The number of nitrogens with one attached hydrogen (secondary N) is 3. The van der Waals surface area contributed by atoms with E-state index in [2.05, 4.69) is 20.9 Å². The van der Waals surface area contributed by atoms with Crippen molar-refractivity contribution in [3.8, 4) is 0 Å². The molecule has 0 radical (unpaired) electrons. The highest BCUT2D eigenvalue weighted by Crippen LogP contribution is 2.08. The second-order valence-electron chi connectivity index (χ2n) is 7.10. The summed E-state index contributed by atoms with van der Waals surface area (Å²) < 4.78 is 0. The molecule has 7 N–H and O–H groups in total. The van der Waals surface area contributed by atoms with Crippen molar-refractivity contribution < 1.29 is 14.4 Å². The van der Waals surface area contributed by atoms with Crippen LogP contribution in [0, 0.1) is 0 Å². The number of aldehydes is 1. The summed E-state index contributed by atoms with van der Waals surface area (Å²) in [5.74, 6) is -0.627. The minimum Gasteiger partial charge on any atom is -0.370 e. The van der Waals surface area contributed by atoms with E-state index < -0.39 is 18.0 Å². The van der Waals surface area contributed by atoms with Gasteiger partial charge in [0.1, 0.15) is 12.3 Å². The number of benzene rings is 1. The number of carbonyl (C=O) groups is 3. The molecule has 2 rings (SSSR count). The summed E-state index contributed by atoms with van der Waals surface area (Å²) in [5.41, 5.74) is 11.6. The van der Waals surface area contributed by atoms with Gasteiger partial charge in [0, 0.05) is 6.54 Å². The third-order valence-electron chi connectivity index (χ3n) is 4.75. The van der Waals surface area contributed by atoms with Gasteiger partial charge < -0.3 is 32.2 Å². The first-order valence-electron chi connectivity index (χ1n) is 9.88. The van der Waals surface area contributed by atoms with Gasteiger partial charge in [0.25, 0.3) is 0 Å². The molecular formula is C20H30N6O3. The van der Waals surface area contributed by atoms with Gasteiger partial charge in [-0.1, -0.05) is 30.3 Å². The number of hydrogen-bond acceptors (Lipinski definition) is 5. The van der Waals surface area contributed by atoms with Gasteiger partial charge in [-0.15, -0.1) is 0 Å². The Labute approximate surface area is 170 Å². The molecule has 2 amide bonds. The first-order chi connectivity index (χ1) is 14.0. The molecule has 9 heteroatoms. The van der Waals surface area contributed by atoms with E-state index in [9.17, 15) is 14.4 Å². The number of hydrogen-bond donors (Lipinski definition) is 5. The van der Waals surface area contributed by atoms with Crippen LogP contribution in [0.15, 0.2) is 35.3 Å². The van der Waals surface area contributed by atoms with Gasteiger partial charge in [-0.25, -0.2) is 0 Å². The number of nitrogens with two attached hydrogens (primary N) is 2. The van der Waals surface area contributed by atoms with Crippen LogP contribution in [0.2, 0.25) is 0 Å². The Hall–Kier alpha value is -2.94. The molecule has 29 heavy (non-hydrogen) atoms. The number of rotatable bonds is 11. The fraction of sp³-hybridized carbons (Fsp3) is 0.500. The van der Waals surface area contributed by atoms with Gasteiger partial charge in [0.05, 0.1) is 12.1 Å². The summed E-state index contributed by atoms with van der Waals surface area (Å²) in [6.45, 7) is 1.13. The van der Waals surface area contributed by atoms with Gasteiger partial charge in [0.2, 0.25) is 11.8 Å². The molecule has 0 unspecified atom stereocenters. The van der Waals surface area contributed by atoms with Crippen molar-refractivity contribution >= 4 is 24.1 Å². The van der Waals surface area contributed by atoms with Crippen molar-refractivity contribution in [1.82, 2.24) is 16.0 Å². The van der Waals surface area contributed by atoms with E-state index in [0.29, 0.717) is 32.1 Å². The van der Waals surface area contributed by atoms with Gasteiger partial charge >= 0.3 is 0 Å². The molecule has 1 aliphatic rings. The second-order valence-corrected chi connectivity index (χ2v) is 7.10. The molecule has 0 aromatic heterocycles. The molecule has 0 aliphatic carbocycles. The maximum Gasteiger partial charge on any atom is 0.243 e. The zero-order chi connectivity index (χ0) is 21.1. The van der Waals surface area contributed by atoms with E-state index in [1.165, 1.54) is 0 Å². The summed E-state index contributed by atoms with van der Waals surface area (Å²) in [7, 11) is 0. The zero-order valence-corrected chi connectivity index (χ0v) is 16.5. The van der Waals surface area contributed by atoms with Crippen LogP contribution in [0.1, 0.15) is 31.2 Å². The first kappa shape index (κ1) is 22.4. The van der Waals surface area contributed by atoms with Crippen molar-refractivity contribution in [2.45, 2.75) is 50.2 Å². The minimum absolute atomic E-state index is 0.0194. The van der Waals surface area contributed by atoms with Crippen LogP contribution in [0.5, 0.6) is 0 Å². The number of aliphatic imine (C=N–C) groups is 1. The van der Waals surface area contributed by atoms with Crippen LogP contribution in [0.25, 0.3) is 0 Å². The summed E-state index contributed by atoms with van der Waals surface area (Å²) in [5, 5.41) is 8.65. The SMILES string of the molecule is NC(N)=NCCC[C@H](NC(=O)[C@@H]1CCCN1)C(=O)N[C@H](C=O)Cc1ccccc1. The van der Waals surface area contributed by atoms with E-state index in [1.54, 1.807) is 0 Å². The lowest BCUT2D eigenvalue weighted by atomic mass is 10.1. The summed E-state index contributed by atoms with van der Waals surface area (Å²) in [6, 6.07) is 7.68. The highest BCUT2D eigenvalue weighted by molar-refractivity contribution is 5.91. The normalized spacial score (nSPS) is 17.7. The lowest BCUT2D eigenvalue weighted by Gasteiger charge is -2.22. The average Bonchev–Trinajstić information content (AvgIpc) is 3.25. The summed E-state index contributed by atoms with van der Waals surface area (Å²) in [4.78, 5) is 40.6. The quantitative estimate of drug-likeness (QED) is 0.141. The maximum atomic E-state index is 12.8. The lowest BCUT2D eigenvalue weighted by Crippen LogP contribution is -2.53. The molecule has 1 fully saturated rings. The fourth-order valence-electron chi connectivity index (χ4n) is 3.24. The van der Waals surface area contributed by atoms with Crippen molar-refractivity contribution in [1.29, 1.82) is 0 Å². The van der Waals surface area contributed by atoms with Crippen molar-refractivity contribution in [2.75, 3.05) is 13.1 Å². The Morgan fingerprint density at radius 1 is 1.24 bits per heavy atom. The summed E-state index contributed by atoms with van der Waals surface area (Å²) in [6.07, 6.45) is 3.62. The van der Waals surface area contributed by atoms with Crippen molar-refractivity contribution in [3.63, 3.8) is 0 Å². The van der Waals surface area contributed by atoms with Gasteiger partial charge in [0.15, 0.2) is 5.96 Å². The Balaban J connectivity index is 1.97. The molecule has 158 valence electrons. The number of carbonyl (C=O) groups excluding carboxylic acids is 3. The third-order valence-corrected chi connectivity index (χ3v) is 4.75. The third kappa shape index (κ3) is 7.90. The Morgan fingerprint density at radius 2 is 2.00 bits per heavy atom. The maximum absolute atomic E-state index is 12.8. The van der Waals surface area contributed by atoms with E-state index in [0.717, 1.165) is 24.9 Å². The van der Waals surface area contributed by atoms with E-state index in [4.69, 9.17) is 11.5 Å². The summed E-state index contributed by atoms with van der Waals surface area (Å²) >= 11 is 0. The molecule has 1 aliphatic heterocycles. The zero-order valence-electron chi connectivity index (χ0n) is 16.5. The predicted octanol–water partition coefficient (Wildman–Crippen LogP) is -0.797. The van der Waals surface area contributed by atoms with Crippen LogP contribution < -0.4 is 27.4 Å². The first-order valence-corrected chi connectivity index (χ1v) is 9.88. The standard InChI is InChI=1S/C20H30N6O3/c21-20(22)24-11-5-9-17(26-18(28)16-8-4-10-23-16)19(29)25-15(13-27)12-14-6-2-1-3-7-14/h1-3,6-7,13,15-17,23H,4-5,8-12H2,(H,25,29)(H,26,28)(H4,21,22,24)/t15-,16-,17-/m0/s1.